The average Bonchev–Trinajstić information content (AvgIpc) is 3.24. The molecule has 0 radical (unpaired) electrons. The highest BCUT2D eigenvalue weighted by molar-refractivity contribution is 6.33. The van der Waals surface area contributed by atoms with Gasteiger partial charge in [0.05, 0.1) is 17.6 Å². The number of benzene rings is 3. The zero-order chi connectivity index (χ0) is 18.8. The lowest BCUT2D eigenvalue weighted by Gasteiger charge is -2.09. The Bertz CT molecular complexity index is 1540. The molecule has 4 aromatic carbocycles. The largest absolute Gasteiger partial charge is 0.461 e. The summed E-state index contributed by atoms with van der Waals surface area (Å²) in [4.78, 5) is 17.9. The van der Waals surface area contributed by atoms with Gasteiger partial charge >= 0.3 is 5.97 Å². The molecule has 28 heavy (non-hydrogen) atoms. The Morgan fingerprint density at radius 2 is 1.71 bits per heavy atom. The first-order valence-electron chi connectivity index (χ1n) is 9.41. The summed E-state index contributed by atoms with van der Waals surface area (Å²) in [6.07, 6.45) is 0. The molecular weight excluding hydrogens is 348 g/mol. The summed E-state index contributed by atoms with van der Waals surface area (Å²) in [5.74, 6) is -0.322. The number of ether oxygens (including phenoxy) is 1. The lowest BCUT2D eigenvalue weighted by Crippen LogP contribution is -2.11. The first-order chi connectivity index (χ1) is 13.8. The van der Waals surface area contributed by atoms with Gasteiger partial charge in [0.15, 0.2) is 0 Å². The van der Waals surface area contributed by atoms with Crippen LogP contribution in [0.1, 0.15) is 17.4 Å². The number of hydrogen-bond acceptors (Lipinski definition) is 3. The predicted octanol–water partition coefficient (Wildman–Crippen LogP) is 5.56. The fourth-order valence-electron chi connectivity index (χ4n) is 4.47. The van der Waals surface area contributed by atoms with E-state index in [1.54, 1.807) is 0 Å². The molecule has 0 aliphatic rings. The van der Waals surface area contributed by atoms with Crippen LogP contribution < -0.4 is 0 Å². The zero-order valence-electron chi connectivity index (χ0n) is 15.3. The van der Waals surface area contributed by atoms with Crippen molar-refractivity contribution in [2.45, 2.75) is 6.92 Å². The van der Waals surface area contributed by atoms with Gasteiger partial charge in [-0.15, -0.1) is 0 Å². The van der Waals surface area contributed by atoms with Crippen molar-refractivity contribution in [3.63, 3.8) is 0 Å². The number of imidazole rings is 1. The number of carbonyl (C=O) groups is 1. The summed E-state index contributed by atoms with van der Waals surface area (Å²) in [6.45, 7) is 2.16. The maximum atomic E-state index is 13.2. The Kier molecular flexibility index (Phi) is 2.98. The molecule has 0 N–H and O–H groups in total. The average molecular weight is 364 g/mol. The highest BCUT2D eigenvalue weighted by Crippen LogP contribution is 2.41. The van der Waals surface area contributed by atoms with Crippen LogP contribution in [0.5, 0.6) is 0 Å². The summed E-state index contributed by atoms with van der Waals surface area (Å²) >= 11 is 0. The summed E-state index contributed by atoms with van der Waals surface area (Å²) in [7, 11) is 0. The number of fused-ring (bicyclic) bond motifs is 6. The monoisotopic (exact) mass is 364 g/mol. The van der Waals surface area contributed by atoms with Crippen LogP contribution in [0.2, 0.25) is 0 Å². The fraction of sp³-hybridized carbons (Fsp3) is 0.0833. The van der Waals surface area contributed by atoms with Crippen molar-refractivity contribution in [3.05, 3.63) is 72.4 Å². The van der Waals surface area contributed by atoms with Gasteiger partial charge in [0.1, 0.15) is 11.3 Å². The molecule has 0 saturated carbocycles. The maximum absolute atomic E-state index is 13.2. The van der Waals surface area contributed by atoms with Gasteiger partial charge in [-0.05, 0) is 52.1 Å². The Hall–Kier alpha value is -3.66. The van der Waals surface area contributed by atoms with Crippen LogP contribution in [0, 0.1) is 0 Å². The van der Waals surface area contributed by atoms with E-state index in [9.17, 15) is 4.79 Å². The quantitative estimate of drug-likeness (QED) is 0.378. The van der Waals surface area contributed by atoms with Crippen molar-refractivity contribution >= 4 is 55.0 Å². The Balaban J connectivity index is 1.95. The van der Waals surface area contributed by atoms with Gasteiger partial charge < -0.3 is 4.74 Å². The van der Waals surface area contributed by atoms with Crippen LogP contribution in [-0.2, 0) is 4.74 Å². The van der Waals surface area contributed by atoms with Crippen molar-refractivity contribution in [1.82, 2.24) is 9.38 Å². The lowest BCUT2D eigenvalue weighted by atomic mass is 10.1. The van der Waals surface area contributed by atoms with Crippen LogP contribution in [0.15, 0.2) is 66.7 Å². The highest BCUT2D eigenvalue weighted by atomic mass is 16.5. The van der Waals surface area contributed by atoms with E-state index < -0.39 is 0 Å². The molecule has 0 spiro atoms. The number of aromatic nitrogens is 2. The minimum Gasteiger partial charge on any atom is -0.461 e. The van der Waals surface area contributed by atoms with Crippen LogP contribution in [0.4, 0.5) is 0 Å². The SMILES string of the molecule is CCOC(=O)c1c2c(cc3nc4ccccc4n13)c1cccc3cccc2c31. The molecule has 6 rings (SSSR count). The topological polar surface area (TPSA) is 43.6 Å². The van der Waals surface area contributed by atoms with E-state index in [0.717, 1.165) is 38.2 Å². The zero-order valence-corrected chi connectivity index (χ0v) is 15.3. The lowest BCUT2D eigenvalue weighted by molar-refractivity contribution is 0.0521. The van der Waals surface area contributed by atoms with E-state index in [1.165, 1.54) is 10.8 Å². The van der Waals surface area contributed by atoms with E-state index in [0.29, 0.717) is 12.3 Å². The van der Waals surface area contributed by atoms with E-state index in [1.807, 2.05) is 41.7 Å². The van der Waals surface area contributed by atoms with Crippen molar-refractivity contribution in [2.24, 2.45) is 0 Å². The Labute approximate surface area is 160 Å². The molecule has 0 atom stereocenters. The number of carbonyl (C=O) groups excluding carboxylic acids is 1. The molecule has 134 valence electrons. The minimum atomic E-state index is -0.322. The molecule has 0 bridgehead atoms. The summed E-state index contributed by atoms with van der Waals surface area (Å²) in [5.41, 5.74) is 3.08. The van der Waals surface area contributed by atoms with Gasteiger partial charge in [-0.2, -0.15) is 0 Å². The number of para-hydroxylation sites is 2. The molecular formula is C24H16N2O2. The smallest absolute Gasteiger partial charge is 0.356 e. The normalized spacial score (nSPS) is 12.0. The van der Waals surface area contributed by atoms with Crippen LogP contribution in [0.3, 0.4) is 0 Å². The van der Waals surface area contributed by atoms with Gasteiger partial charge in [-0.1, -0.05) is 48.5 Å². The molecule has 4 heteroatoms. The molecule has 0 amide bonds. The van der Waals surface area contributed by atoms with Crippen molar-refractivity contribution in [3.8, 4) is 0 Å². The van der Waals surface area contributed by atoms with Crippen molar-refractivity contribution < 1.29 is 9.53 Å². The first-order valence-corrected chi connectivity index (χ1v) is 9.41. The molecule has 0 unspecified atom stereocenters. The van der Waals surface area contributed by atoms with Crippen LogP contribution in [0.25, 0.3) is 49.0 Å². The second-order valence-electron chi connectivity index (χ2n) is 7.01. The molecule has 6 aromatic rings. The van der Waals surface area contributed by atoms with Gasteiger partial charge in [0.25, 0.3) is 0 Å². The highest BCUT2D eigenvalue weighted by Gasteiger charge is 2.24. The molecule has 0 aliphatic carbocycles. The van der Waals surface area contributed by atoms with Crippen molar-refractivity contribution in [1.29, 1.82) is 0 Å². The molecule has 4 nitrogen and oxygen atoms in total. The molecule has 2 heterocycles. The summed E-state index contributed by atoms with van der Waals surface area (Å²) < 4.78 is 7.43. The van der Waals surface area contributed by atoms with Crippen LogP contribution >= 0.6 is 0 Å². The summed E-state index contributed by atoms with van der Waals surface area (Å²) in [6, 6.07) is 22.5. The minimum absolute atomic E-state index is 0.322. The second kappa shape index (κ2) is 5.42. The maximum Gasteiger partial charge on any atom is 0.356 e. The number of rotatable bonds is 2. The van der Waals surface area contributed by atoms with Gasteiger partial charge in [0.2, 0.25) is 0 Å². The van der Waals surface area contributed by atoms with E-state index in [4.69, 9.17) is 9.72 Å². The third-order valence-corrected chi connectivity index (χ3v) is 5.52. The van der Waals surface area contributed by atoms with Gasteiger partial charge in [-0.3, -0.25) is 4.40 Å². The fourth-order valence-corrected chi connectivity index (χ4v) is 4.47. The van der Waals surface area contributed by atoms with E-state index >= 15 is 0 Å². The Morgan fingerprint density at radius 1 is 0.929 bits per heavy atom. The molecule has 0 saturated heterocycles. The second-order valence-corrected chi connectivity index (χ2v) is 7.01. The van der Waals surface area contributed by atoms with Gasteiger partial charge in [-0.25, -0.2) is 9.78 Å². The standard InChI is InChI=1S/C24H16N2O2/c1-2-28-24(27)23-22-16-10-6-8-14-7-5-9-15(21(14)16)17(22)13-20-25-18-11-3-4-12-19(18)26(20)23/h3-13H,2H2,1H3. The predicted molar refractivity (Wildman–Crippen MR) is 112 cm³/mol. The molecule has 2 aromatic heterocycles. The third kappa shape index (κ3) is 1.84. The molecule has 0 aliphatic heterocycles. The van der Waals surface area contributed by atoms with Crippen molar-refractivity contribution in [2.75, 3.05) is 6.61 Å². The third-order valence-electron chi connectivity index (χ3n) is 5.52. The van der Waals surface area contributed by atoms with Gasteiger partial charge in [0, 0.05) is 5.39 Å². The number of esters is 1. The van der Waals surface area contributed by atoms with E-state index in [2.05, 4.69) is 36.4 Å². The van der Waals surface area contributed by atoms with E-state index in [-0.39, 0.29) is 5.97 Å². The number of pyridine rings is 1. The number of hydrogen-bond donors (Lipinski definition) is 0. The number of nitrogens with zero attached hydrogens (tertiary/aromatic N) is 2. The Morgan fingerprint density at radius 3 is 2.54 bits per heavy atom. The first kappa shape index (κ1) is 15.4. The molecule has 0 fully saturated rings. The van der Waals surface area contributed by atoms with Crippen LogP contribution in [-0.4, -0.2) is 22.0 Å². The summed E-state index contributed by atoms with van der Waals surface area (Å²) in [5, 5.41) is 6.54.